The second-order valence-corrected chi connectivity index (χ2v) is 8.09. The summed E-state index contributed by atoms with van der Waals surface area (Å²) in [6.07, 6.45) is 6.92. The van der Waals surface area contributed by atoms with E-state index >= 15 is 0 Å². The molecule has 1 aromatic carbocycles. The van der Waals surface area contributed by atoms with Gasteiger partial charge in [-0.05, 0) is 37.5 Å². The van der Waals surface area contributed by atoms with Gasteiger partial charge in [-0.2, -0.15) is 0 Å². The minimum Gasteiger partial charge on any atom is -0.390 e. The van der Waals surface area contributed by atoms with Crippen molar-refractivity contribution in [2.75, 3.05) is 5.32 Å². The summed E-state index contributed by atoms with van der Waals surface area (Å²) in [5.74, 6) is 0. The Morgan fingerprint density at radius 2 is 2.04 bits per heavy atom. The maximum atomic E-state index is 9.56. The number of pyridine rings is 1. The summed E-state index contributed by atoms with van der Waals surface area (Å²) in [6.45, 7) is 6.35. The van der Waals surface area contributed by atoms with Crippen LogP contribution in [0.5, 0.6) is 0 Å². The third-order valence-corrected chi connectivity index (χ3v) is 5.95. The average molecular weight is 393 g/mol. The van der Waals surface area contributed by atoms with E-state index in [9.17, 15) is 5.11 Å². The lowest BCUT2D eigenvalue weighted by Crippen LogP contribution is -2.12. The number of nitrogens with zero attached hydrogens (tertiary/aromatic N) is 3. The van der Waals surface area contributed by atoms with Crippen LogP contribution in [-0.2, 0) is 6.61 Å². The highest BCUT2D eigenvalue weighted by Gasteiger charge is 2.14. The van der Waals surface area contributed by atoms with E-state index in [1.807, 2.05) is 28.9 Å². The van der Waals surface area contributed by atoms with Crippen molar-refractivity contribution in [2.24, 2.45) is 0 Å². The number of aromatic nitrogens is 3. The van der Waals surface area contributed by atoms with E-state index in [2.05, 4.69) is 60.5 Å². The molecule has 0 radical (unpaired) electrons. The van der Waals surface area contributed by atoms with Crippen LogP contribution in [0.2, 0.25) is 0 Å². The van der Waals surface area contributed by atoms with Gasteiger partial charge in [0.2, 0.25) is 0 Å². The molecule has 6 heteroatoms. The first kappa shape index (κ1) is 18.7. The van der Waals surface area contributed by atoms with Crippen molar-refractivity contribution in [1.82, 2.24) is 14.4 Å². The number of benzene rings is 1. The van der Waals surface area contributed by atoms with Crippen molar-refractivity contribution in [1.29, 1.82) is 0 Å². The normalized spacial score (nSPS) is 12.4. The van der Waals surface area contributed by atoms with E-state index in [0.29, 0.717) is 11.7 Å². The largest absolute Gasteiger partial charge is 0.390 e. The monoisotopic (exact) mass is 392 g/mol. The third kappa shape index (κ3) is 3.53. The number of nitrogens with one attached hydrogen (secondary N) is 1. The lowest BCUT2D eigenvalue weighted by molar-refractivity contribution is 0.277. The molecule has 4 aromatic rings. The van der Waals surface area contributed by atoms with Gasteiger partial charge in [0.25, 0.3) is 0 Å². The molecule has 0 fully saturated rings. The van der Waals surface area contributed by atoms with Crippen LogP contribution in [-0.4, -0.2) is 25.5 Å². The van der Waals surface area contributed by atoms with Crippen LogP contribution in [0.25, 0.3) is 27.2 Å². The minimum atomic E-state index is -0.0756. The summed E-state index contributed by atoms with van der Waals surface area (Å²) in [7, 11) is 0. The van der Waals surface area contributed by atoms with Crippen molar-refractivity contribution in [3.63, 3.8) is 0 Å². The molecule has 0 aliphatic heterocycles. The van der Waals surface area contributed by atoms with Crippen molar-refractivity contribution in [3.05, 3.63) is 60.2 Å². The van der Waals surface area contributed by atoms with Gasteiger partial charge >= 0.3 is 0 Å². The number of hydrogen-bond acceptors (Lipinski definition) is 5. The van der Waals surface area contributed by atoms with E-state index in [4.69, 9.17) is 0 Å². The number of rotatable bonds is 6. The summed E-state index contributed by atoms with van der Waals surface area (Å²) in [5, 5.41) is 13.9. The zero-order chi connectivity index (χ0) is 19.7. The summed E-state index contributed by atoms with van der Waals surface area (Å²) in [4.78, 5) is 10.3. The summed E-state index contributed by atoms with van der Waals surface area (Å²) >= 11 is 1.65. The van der Waals surface area contributed by atoms with E-state index in [-0.39, 0.29) is 6.61 Å². The number of anilines is 1. The molecule has 0 aliphatic carbocycles. The van der Waals surface area contributed by atoms with Crippen LogP contribution < -0.4 is 5.32 Å². The summed E-state index contributed by atoms with van der Waals surface area (Å²) in [5.41, 5.74) is 5.99. The van der Waals surface area contributed by atoms with E-state index in [1.165, 1.54) is 5.56 Å². The van der Waals surface area contributed by atoms with Gasteiger partial charge in [-0.15, -0.1) is 0 Å². The Bertz CT molecular complexity index is 1110. The lowest BCUT2D eigenvalue weighted by Gasteiger charge is -2.10. The predicted molar refractivity (Wildman–Crippen MR) is 116 cm³/mol. The Balaban J connectivity index is 1.85. The first-order chi connectivity index (χ1) is 13.6. The molecule has 0 saturated heterocycles. The van der Waals surface area contributed by atoms with Crippen molar-refractivity contribution in [2.45, 2.75) is 39.8 Å². The molecule has 5 nitrogen and oxygen atoms in total. The molecule has 2 N–H and O–H groups in total. The maximum absolute atomic E-state index is 9.56. The molecule has 0 amide bonds. The van der Waals surface area contributed by atoms with Gasteiger partial charge in [0.15, 0.2) is 5.13 Å². The Morgan fingerprint density at radius 3 is 2.79 bits per heavy atom. The highest BCUT2D eigenvalue weighted by Crippen LogP contribution is 2.35. The fraction of sp³-hybridized carbons (Fsp3) is 0.273. The second-order valence-electron chi connectivity index (χ2n) is 7.06. The van der Waals surface area contributed by atoms with Gasteiger partial charge in [0, 0.05) is 35.8 Å². The highest BCUT2D eigenvalue weighted by atomic mass is 32.1. The fourth-order valence-corrected chi connectivity index (χ4v) is 4.13. The van der Waals surface area contributed by atoms with Crippen LogP contribution in [0.3, 0.4) is 0 Å². The Kier molecular flexibility index (Phi) is 5.15. The second kappa shape index (κ2) is 7.73. The van der Waals surface area contributed by atoms with Gasteiger partial charge in [0.05, 0.1) is 17.2 Å². The quantitative estimate of drug-likeness (QED) is 0.477. The Hall–Kier alpha value is -2.70. The van der Waals surface area contributed by atoms with Gasteiger partial charge in [0.1, 0.15) is 5.65 Å². The molecule has 144 valence electrons. The number of hydrogen-bond donors (Lipinski definition) is 2. The van der Waals surface area contributed by atoms with Gasteiger partial charge in [-0.25, -0.2) is 9.97 Å². The molecule has 0 spiro atoms. The van der Waals surface area contributed by atoms with Crippen molar-refractivity contribution >= 4 is 22.1 Å². The average Bonchev–Trinajstić information content (AvgIpc) is 3.34. The van der Waals surface area contributed by atoms with Gasteiger partial charge in [-0.3, -0.25) is 0 Å². The number of imidazole rings is 1. The maximum Gasteiger partial charge on any atom is 0.183 e. The Labute approximate surface area is 168 Å². The molecule has 28 heavy (non-hydrogen) atoms. The Morgan fingerprint density at radius 1 is 1.21 bits per heavy atom. The highest BCUT2D eigenvalue weighted by molar-refractivity contribution is 7.18. The smallest absolute Gasteiger partial charge is 0.183 e. The van der Waals surface area contributed by atoms with Crippen molar-refractivity contribution < 1.29 is 5.11 Å². The number of aliphatic hydroxyl groups excluding tert-OH is 1. The molecule has 0 bridgehead atoms. The molecule has 3 aromatic heterocycles. The van der Waals surface area contributed by atoms with Crippen molar-refractivity contribution in [3.8, 4) is 21.6 Å². The zero-order valence-corrected chi connectivity index (χ0v) is 17.1. The van der Waals surface area contributed by atoms with Crippen LogP contribution in [0.15, 0.2) is 48.9 Å². The van der Waals surface area contributed by atoms with Crippen LogP contribution in [0, 0.1) is 6.92 Å². The molecule has 0 unspecified atom stereocenters. The standard InChI is InChI=1S/C22H24N4OS/c1-4-15(3)24-22-23-10-20(28-22)16-9-19(18-8-6-5-7-14(18)2)21-25-17(13-27)12-26(21)11-16/h5-12,15,27H,4,13H2,1-3H3,(H,23,24)/t15-/m1/s1. The van der Waals surface area contributed by atoms with E-state index in [0.717, 1.165) is 38.8 Å². The summed E-state index contributed by atoms with van der Waals surface area (Å²) < 4.78 is 2.00. The van der Waals surface area contributed by atoms with Crippen LogP contribution >= 0.6 is 11.3 Å². The molecular weight excluding hydrogens is 368 g/mol. The fourth-order valence-electron chi connectivity index (χ4n) is 3.22. The number of thiazole rings is 1. The lowest BCUT2D eigenvalue weighted by atomic mass is 10.00. The molecule has 0 aliphatic rings. The van der Waals surface area contributed by atoms with Crippen LogP contribution in [0.4, 0.5) is 5.13 Å². The first-order valence-electron chi connectivity index (χ1n) is 9.50. The van der Waals surface area contributed by atoms with E-state index in [1.54, 1.807) is 11.3 Å². The number of fused-ring (bicyclic) bond motifs is 1. The number of aryl methyl sites for hydroxylation is 1. The number of aliphatic hydroxyl groups is 1. The minimum absolute atomic E-state index is 0.0756. The molecule has 0 saturated carbocycles. The van der Waals surface area contributed by atoms with E-state index < -0.39 is 0 Å². The molecular formula is C22H24N4OS. The topological polar surface area (TPSA) is 62.5 Å². The molecule has 1 atom stereocenters. The third-order valence-electron chi connectivity index (χ3n) is 4.97. The predicted octanol–water partition coefficient (Wildman–Crippen LogP) is 5.14. The van der Waals surface area contributed by atoms with Gasteiger partial charge in [-0.1, -0.05) is 42.5 Å². The van der Waals surface area contributed by atoms with Crippen LogP contribution in [0.1, 0.15) is 31.5 Å². The first-order valence-corrected chi connectivity index (χ1v) is 10.3. The van der Waals surface area contributed by atoms with Gasteiger partial charge < -0.3 is 14.8 Å². The molecule has 3 heterocycles. The SMILES string of the molecule is CC[C@@H](C)Nc1ncc(-c2cc(-c3ccccc3C)c3nc(CO)cn3c2)s1. The molecule has 4 rings (SSSR count). The summed E-state index contributed by atoms with van der Waals surface area (Å²) in [6, 6.07) is 10.9. The zero-order valence-electron chi connectivity index (χ0n) is 16.3.